The quantitative estimate of drug-likeness (QED) is 0.557. The van der Waals surface area contributed by atoms with Gasteiger partial charge in [-0.05, 0) is 68.4 Å². The van der Waals surface area contributed by atoms with Crippen molar-refractivity contribution in [1.29, 1.82) is 0 Å². The van der Waals surface area contributed by atoms with E-state index in [2.05, 4.69) is 16.0 Å². The first-order valence-electron chi connectivity index (χ1n) is 13.0. The molecule has 1 aromatic heterocycles. The minimum atomic E-state index is -0.610. The van der Waals surface area contributed by atoms with Crippen LogP contribution in [0.1, 0.15) is 71.6 Å². The summed E-state index contributed by atoms with van der Waals surface area (Å²) >= 11 is 1.65. The molecule has 0 spiro atoms. The van der Waals surface area contributed by atoms with Crippen molar-refractivity contribution in [3.05, 3.63) is 45.4 Å². The zero-order valence-electron chi connectivity index (χ0n) is 20.1. The summed E-state index contributed by atoms with van der Waals surface area (Å²) in [6.07, 6.45) is 7.21. The zero-order chi connectivity index (χ0) is 24.4. The Morgan fingerprint density at radius 2 is 2.00 bits per heavy atom. The molecule has 8 rings (SSSR count). The first-order chi connectivity index (χ1) is 17.5. The van der Waals surface area contributed by atoms with Crippen molar-refractivity contribution in [1.82, 2.24) is 15.2 Å². The van der Waals surface area contributed by atoms with E-state index in [0.717, 1.165) is 39.7 Å². The maximum absolute atomic E-state index is 13.0. The van der Waals surface area contributed by atoms with Crippen LogP contribution in [0.2, 0.25) is 0 Å². The minimum absolute atomic E-state index is 0.114. The van der Waals surface area contributed by atoms with Crippen LogP contribution in [0.15, 0.2) is 23.6 Å². The largest absolute Gasteiger partial charge is 0.379 e. The third-order valence-electron chi connectivity index (χ3n) is 9.04. The summed E-state index contributed by atoms with van der Waals surface area (Å²) in [6, 6.07) is 5.01. The molecule has 4 saturated carbocycles. The van der Waals surface area contributed by atoms with Crippen LogP contribution < -0.4 is 10.6 Å². The number of hydrogen-bond acceptors (Lipinski definition) is 7. The van der Waals surface area contributed by atoms with Gasteiger partial charge in [0.1, 0.15) is 11.0 Å². The molecule has 3 atom stereocenters. The van der Waals surface area contributed by atoms with Gasteiger partial charge in [0.15, 0.2) is 0 Å². The SMILES string of the molecule is O=C1CCC(N2Cc3c(NCc4csc(COC56CC7CC(CC5C7)C6)n4)cccc3C2=O)C(=O)N1. The molecule has 3 unspecified atom stereocenters. The van der Waals surface area contributed by atoms with Gasteiger partial charge in [0, 0.05) is 35.2 Å². The molecular weight excluding hydrogens is 476 g/mol. The molecule has 9 heteroatoms. The van der Waals surface area contributed by atoms with Gasteiger partial charge in [-0.3, -0.25) is 19.7 Å². The number of rotatable bonds is 7. The molecule has 188 valence electrons. The van der Waals surface area contributed by atoms with Gasteiger partial charge in [-0.15, -0.1) is 11.3 Å². The van der Waals surface area contributed by atoms with E-state index in [1.54, 1.807) is 22.3 Å². The number of piperidine rings is 1. The molecule has 2 aromatic rings. The van der Waals surface area contributed by atoms with E-state index in [1.165, 1.54) is 32.1 Å². The van der Waals surface area contributed by atoms with E-state index in [-0.39, 0.29) is 23.8 Å². The lowest BCUT2D eigenvalue weighted by Crippen LogP contribution is -2.52. The van der Waals surface area contributed by atoms with Crippen molar-refractivity contribution in [2.24, 2.45) is 17.8 Å². The van der Waals surface area contributed by atoms with E-state index in [0.29, 0.717) is 31.7 Å². The van der Waals surface area contributed by atoms with Crippen LogP contribution in [-0.4, -0.2) is 39.2 Å². The van der Waals surface area contributed by atoms with Crippen LogP contribution in [0.4, 0.5) is 5.69 Å². The Kier molecular flexibility index (Phi) is 5.22. The number of aromatic nitrogens is 1. The maximum Gasteiger partial charge on any atom is 0.255 e. The Hall–Kier alpha value is -2.78. The van der Waals surface area contributed by atoms with Gasteiger partial charge in [-0.1, -0.05) is 6.07 Å². The molecule has 0 radical (unpaired) electrons. The fourth-order valence-corrected chi connectivity index (χ4v) is 8.30. The van der Waals surface area contributed by atoms with Crippen LogP contribution in [0.3, 0.4) is 0 Å². The summed E-state index contributed by atoms with van der Waals surface area (Å²) in [5.41, 5.74) is 3.44. The number of imide groups is 1. The van der Waals surface area contributed by atoms with Crippen molar-refractivity contribution in [3.63, 3.8) is 0 Å². The Labute approximate surface area is 213 Å². The van der Waals surface area contributed by atoms with Crippen molar-refractivity contribution >= 4 is 34.7 Å². The van der Waals surface area contributed by atoms with Crippen LogP contribution in [-0.2, 0) is 34.0 Å². The lowest BCUT2D eigenvalue weighted by Gasteiger charge is -2.32. The second-order valence-electron chi connectivity index (χ2n) is 11.2. The second kappa shape index (κ2) is 8.38. The molecule has 4 aliphatic carbocycles. The highest BCUT2D eigenvalue weighted by atomic mass is 32.1. The Morgan fingerprint density at radius 3 is 2.81 bits per heavy atom. The van der Waals surface area contributed by atoms with Gasteiger partial charge in [0.05, 0.1) is 24.4 Å². The van der Waals surface area contributed by atoms with E-state index in [4.69, 9.17) is 9.72 Å². The Morgan fingerprint density at radius 1 is 1.17 bits per heavy atom. The van der Waals surface area contributed by atoms with Gasteiger partial charge in [-0.2, -0.15) is 0 Å². The lowest BCUT2D eigenvalue weighted by atomic mass is 9.81. The predicted molar refractivity (Wildman–Crippen MR) is 133 cm³/mol. The summed E-state index contributed by atoms with van der Waals surface area (Å²) in [6.45, 7) is 1.50. The maximum atomic E-state index is 13.0. The standard InChI is InChI=1S/C27H30N4O4S/c32-23-5-4-22(25(33)30-23)31-12-20-19(26(31)34)2-1-3-21(20)28-11-18-14-36-24(29-18)13-35-27-9-15-6-16(10-27)8-17(27)7-15/h1-3,14-17,22,28H,4-13H2,(H,30,32,33). The van der Waals surface area contributed by atoms with Gasteiger partial charge < -0.3 is 15.0 Å². The first kappa shape index (κ1) is 22.4. The molecule has 1 aromatic carbocycles. The number of anilines is 1. The van der Waals surface area contributed by atoms with Crippen molar-refractivity contribution in [2.75, 3.05) is 5.32 Å². The predicted octanol–water partition coefficient (Wildman–Crippen LogP) is 3.61. The lowest BCUT2D eigenvalue weighted by molar-refractivity contribution is -0.136. The van der Waals surface area contributed by atoms with E-state index in [9.17, 15) is 14.4 Å². The number of nitrogens with zero attached hydrogens (tertiary/aromatic N) is 2. The summed E-state index contributed by atoms with van der Waals surface area (Å²) in [5.74, 6) is 1.68. The molecule has 3 amide bonds. The highest BCUT2D eigenvalue weighted by molar-refractivity contribution is 7.09. The number of thiazole rings is 1. The van der Waals surface area contributed by atoms with Crippen LogP contribution in [0.5, 0.6) is 0 Å². The number of fused-ring (bicyclic) bond motifs is 1. The fourth-order valence-electron chi connectivity index (χ4n) is 7.60. The highest BCUT2D eigenvalue weighted by Gasteiger charge is 2.58. The van der Waals surface area contributed by atoms with Crippen molar-refractivity contribution < 1.29 is 19.1 Å². The van der Waals surface area contributed by atoms with Gasteiger partial charge in [0.2, 0.25) is 11.8 Å². The van der Waals surface area contributed by atoms with Crippen molar-refractivity contribution in [2.45, 2.75) is 76.3 Å². The van der Waals surface area contributed by atoms with Gasteiger partial charge >= 0.3 is 0 Å². The minimum Gasteiger partial charge on any atom is -0.379 e. The van der Waals surface area contributed by atoms with Crippen LogP contribution in [0, 0.1) is 17.8 Å². The summed E-state index contributed by atoms with van der Waals surface area (Å²) < 4.78 is 6.57. The molecule has 8 nitrogen and oxygen atoms in total. The number of ether oxygens (including phenoxy) is 1. The van der Waals surface area contributed by atoms with Gasteiger partial charge in [-0.25, -0.2) is 4.98 Å². The number of carbonyl (C=O) groups is 3. The summed E-state index contributed by atoms with van der Waals surface area (Å²) in [5, 5.41) is 8.90. The number of nitrogens with one attached hydrogen (secondary N) is 2. The third-order valence-corrected chi connectivity index (χ3v) is 9.91. The fraction of sp³-hybridized carbons (Fsp3) is 0.556. The normalized spacial score (nSPS) is 32.3. The molecule has 6 aliphatic rings. The van der Waals surface area contributed by atoms with E-state index < -0.39 is 11.9 Å². The molecular formula is C27H30N4O4S. The Balaban J connectivity index is 0.993. The monoisotopic (exact) mass is 506 g/mol. The number of benzene rings is 1. The molecule has 5 fully saturated rings. The average Bonchev–Trinajstić information content (AvgIpc) is 3.57. The molecule has 2 aliphatic heterocycles. The number of hydrogen-bond donors (Lipinski definition) is 2. The highest BCUT2D eigenvalue weighted by Crippen LogP contribution is 2.62. The number of amides is 3. The summed E-state index contributed by atoms with van der Waals surface area (Å²) in [7, 11) is 0. The van der Waals surface area contributed by atoms with E-state index >= 15 is 0 Å². The molecule has 4 bridgehead atoms. The molecule has 1 saturated heterocycles. The van der Waals surface area contributed by atoms with Crippen LogP contribution >= 0.6 is 11.3 Å². The van der Waals surface area contributed by atoms with Crippen LogP contribution in [0.25, 0.3) is 0 Å². The molecule has 2 N–H and O–H groups in total. The molecule has 3 heterocycles. The van der Waals surface area contributed by atoms with E-state index in [1.807, 2.05) is 12.1 Å². The second-order valence-corrected chi connectivity index (χ2v) is 12.2. The first-order valence-corrected chi connectivity index (χ1v) is 13.9. The summed E-state index contributed by atoms with van der Waals surface area (Å²) in [4.78, 5) is 43.3. The smallest absolute Gasteiger partial charge is 0.255 e. The topological polar surface area (TPSA) is 101 Å². The average molecular weight is 507 g/mol. The Bertz CT molecular complexity index is 1240. The van der Waals surface area contributed by atoms with Crippen molar-refractivity contribution in [3.8, 4) is 0 Å². The zero-order valence-corrected chi connectivity index (χ0v) is 20.9. The molecule has 36 heavy (non-hydrogen) atoms. The van der Waals surface area contributed by atoms with Gasteiger partial charge in [0.25, 0.3) is 5.91 Å². The number of carbonyl (C=O) groups excluding carboxylic acids is 3. The third kappa shape index (κ3) is 3.66.